The van der Waals surface area contributed by atoms with E-state index >= 15 is 0 Å². The number of hydrogen-bond acceptors (Lipinski definition) is 6. The number of aromatic amines is 1. The van der Waals surface area contributed by atoms with Gasteiger partial charge in [0, 0.05) is 18.4 Å². The zero-order valence-corrected chi connectivity index (χ0v) is 13.9. The summed E-state index contributed by atoms with van der Waals surface area (Å²) >= 11 is 0. The molecule has 0 bridgehead atoms. The first-order chi connectivity index (χ1) is 11.7. The summed E-state index contributed by atoms with van der Waals surface area (Å²) in [7, 11) is 0. The molecule has 4 rings (SSSR count). The molecule has 7 heteroatoms. The Bertz CT molecular complexity index is 806. The molecule has 1 aliphatic heterocycles. The van der Waals surface area contributed by atoms with Gasteiger partial charge in [-0.15, -0.1) is 0 Å². The van der Waals surface area contributed by atoms with Gasteiger partial charge < -0.3 is 4.52 Å². The molecule has 3 aromatic rings. The Kier molecular flexibility index (Phi) is 3.86. The Morgan fingerprint density at radius 2 is 2.25 bits per heavy atom. The molecule has 3 aromatic heterocycles. The second-order valence-electron chi connectivity index (χ2n) is 6.24. The standard InChI is InChI=1S/C17H20N6O/c1-11-17(12(2)24-22-11)15-9-18-8-14(20-15)16-4-3-7-23(16)10-13-5-6-19-21-13/h5-6,8-9,16H,3-4,7,10H2,1-2H3,(H,19,21). The largest absolute Gasteiger partial charge is 0.361 e. The highest BCUT2D eigenvalue weighted by atomic mass is 16.5. The van der Waals surface area contributed by atoms with E-state index in [4.69, 9.17) is 9.51 Å². The van der Waals surface area contributed by atoms with E-state index in [9.17, 15) is 0 Å². The van der Waals surface area contributed by atoms with Crippen molar-refractivity contribution in [2.24, 2.45) is 0 Å². The highest BCUT2D eigenvalue weighted by molar-refractivity contribution is 5.62. The molecule has 1 N–H and O–H groups in total. The molecule has 0 aliphatic carbocycles. The van der Waals surface area contributed by atoms with Crippen LogP contribution >= 0.6 is 0 Å². The number of aromatic nitrogens is 5. The lowest BCUT2D eigenvalue weighted by atomic mass is 10.1. The minimum atomic E-state index is 0.279. The van der Waals surface area contributed by atoms with E-state index < -0.39 is 0 Å². The van der Waals surface area contributed by atoms with Crippen molar-refractivity contribution in [3.8, 4) is 11.3 Å². The Labute approximate surface area is 140 Å². The monoisotopic (exact) mass is 324 g/mol. The van der Waals surface area contributed by atoms with Crippen molar-refractivity contribution in [3.63, 3.8) is 0 Å². The summed E-state index contributed by atoms with van der Waals surface area (Å²) in [5.41, 5.74) is 4.75. The maximum absolute atomic E-state index is 5.27. The first-order valence-corrected chi connectivity index (χ1v) is 8.20. The first kappa shape index (κ1) is 15.0. The smallest absolute Gasteiger partial charge is 0.143 e. The summed E-state index contributed by atoms with van der Waals surface area (Å²) in [4.78, 5) is 11.7. The predicted molar refractivity (Wildman–Crippen MR) is 88.0 cm³/mol. The van der Waals surface area contributed by atoms with Crippen LogP contribution in [0.3, 0.4) is 0 Å². The van der Waals surface area contributed by atoms with Gasteiger partial charge in [-0.05, 0) is 39.3 Å². The van der Waals surface area contributed by atoms with E-state index in [1.165, 1.54) is 0 Å². The number of nitrogens with one attached hydrogen (secondary N) is 1. The molecular weight excluding hydrogens is 304 g/mol. The van der Waals surface area contributed by atoms with Crippen LogP contribution in [0.5, 0.6) is 0 Å². The van der Waals surface area contributed by atoms with Crippen molar-refractivity contribution < 1.29 is 4.52 Å². The van der Waals surface area contributed by atoms with Crippen molar-refractivity contribution in [1.82, 2.24) is 30.2 Å². The summed E-state index contributed by atoms with van der Waals surface area (Å²) in [6.07, 6.45) is 7.70. The van der Waals surface area contributed by atoms with E-state index in [0.717, 1.165) is 60.0 Å². The molecule has 7 nitrogen and oxygen atoms in total. The summed E-state index contributed by atoms with van der Waals surface area (Å²) in [5.74, 6) is 0.777. The lowest BCUT2D eigenvalue weighted by Crippen LogP contribution is -2.24. The van der Waals surface area contributed by atoms with Crippen molar-refractivity contribution in [2.75, 3.05) is 6.54 Å². The molecule has 1 atom stereocenters. The molecular formula is C17H20N6O. The minimum Gasteiger partial charge on any atom is -0.361 e. The van der Waals surface area contributed by atoms with Crippen LogP contribution in [0.1, 0.15) is 41.7 Å². The minimum absolute atomic E-state index is 0.279. The van der Waals surface area contributed by atoms with Crippen LogP contribution in [0.15, 0.2) is 29.2 Å². The summed E-state index contributed by atoms with van der Waals surface area (Å²) < 4.78 is 5.27. The highest BCUT2D eigenvalue weighted by Gasteiger charge is 2.28. The Hall–Kier alpha value is -2.54. The van der Waals surface area contributed by atoms with Gasteiger partial charge in [-0.3, -0.25) is 15.0 Å². The van der Waals surface area contributed by atoms with Crippen molar-refractivity contribution in [1.29, 1.82) is 0 Å². The second-order valence-corrected chi connectivity index (χ2v) is 6.24. The average Bonchev–Trinajstić information content (AvgIpc) is 3.31. The zero-order chi connectivity index (χ0) is 16.5. The average molecular weight is 324 g/mol. The number of hydrogen-bond donors (Lipinski definition) is 1. The highest BCUT2D eigenvalue weighted by Crippen LogP contribution is 2.33. The maximum Gasteiger partial charge on any atom is 0.143 e. The number of H-pyrrole nitrogens is 1. The number of nitrogens with zero attached hydrogens (tertiary/aromatic N) is 5. The maximum atomic E-state index is 5.27. The van der Waals surface area contributed by atoms with Gasteiger partial charge in [0.05, 0.1) is 41.1 Å². The van der Waals surface area contributed by atoms with Crippen LogP contribution in [-0.2, 0) is 6.54 Å². The lowest BCUT2D eigenvalue weighted by Gasteiger charge is -2.23. The molecule has 0 aromatic carbocycles. The van der Waals surface area contributed by atoms with Gasteiger partial charge in [0.25, 0.3) is 0 Å². The van der Waals surface area contributed by atoms with Crippen LogP contribution in [-0.4, -0.2) is 36.8 Å². The zero-order valence-electron chi connectivity index (χ0n) is 13.9. The number of rotatable bonds is 4. The quantitative estimate of drug-likeness (QED) is 0.794. The van der Waals surface area contributed by atoms with Crippen molar-refractivity contribution in [3.05, 3.63) is 47.5 Å². The summed E-state index contributed by atoms with van der Waals surface area (Å²) in [6.45, 7) is 5.74. The molecule has 0 radical (unpaired) electrons. The first-order valence-electron chi connectivity index (χ1n) is 8.20. The van der Waals surface area contributed by atoms with E-state index in [-0.39, 0.29) is 6.04 Å². The Morgan fingerprint density at radius 3 is 3.00 bits per heavy atom. The molecule has 1 saturated heterocycles. The van der Waals surface area contributed by atoms with Crippen LogP contribution in [0, 0.1) is 13.8 Å². The fraction of sp³-hybridized carbons (Fsp3) is 0.412. The van der Waals surface area contributed by atoms with E-state index in [1.54, 1.807) is 12.4 Å². The van der Waals surface area contributed by atoms with Gasteiger partial charge in [0.1, 0.15) is 5.76 Å². The Balaban J connectivity index is 1.63. The van der Waals surface area contributed by atoms with Gasteiger partial charge in [-0.25, -0.2) is 4.98 Å². The van der Waals surface area contributed by atoms with Crippen LogP contribution in [0.4, 0.5) is 0 Å². The van der Waals surface area contributed by atoms with Crippen molar-refractivity contribution in [2.45, 2.75) is 39.3 Å². The normalized spacial score (nSPS) is 18.3. The van der Waals surface area contributed by atoms with Crippen LogP contribution < -0.4 is 0 Å². The van der Waals surface area contributed by atoms with Gasteiger partial charge >= 0.3 is 0 Å². The third-order valence-corrected chi connectivity index (χ3v) is 4.58. The fourth-order valence-corrected chi connectivity index (χ4v) is 3.45. The molecule has 1 unspecified atom stereocenters. The number of aryl methyl sites for hydroxylation is 2. The lowest BCUT2D eigenvalue weighted by molar-refractivity contribution is 0.241. The van der Waals surface area contributed by atoms with Gasteiger partial charge in [0.2, 0.25) is 0 Å². The molecule has 1 aliphatic rings. The fourth-order valence-electron chi connectivity index (χ4n) is 3.45. The SMILES string of the molecule is Cc1noc(C)c1-c1cncc(C2CCCN2Cc2ccn[nH]2)n1. The molecule has 24 heavy (non-hydrogen) atoms. The second kappa shape index (κ2) is 6.16. The molecule has 0 spiro atoms. The molecule has 124 valence electrons. The number of likely N-dealkylation sites (tertiary alicyclic amines) is 1. The van der Waals surface area contributed by atoms with Gasteiger partial charge in [-0.2, -0.15) is 5.10 Å². The summed E-state index contributed by atoms with van der Waals surface area (Å²) in [5, 5.41) is 11.1. The van der Waals surface area contributed by atoms with Crippen LogP contribution in [0.2, 0.25) is 0 Å². The molecule has 4 heterocycles. The molecule has 0 saturated carbocycles. The van der Waals surface area contributed by atoms with E-state index in [0.29, 0.717) is 0 Å². The third-order valence-electron chi connectivity index (χ3n) is 4.58. The van der Waals surface area contributed by atoms with Crippen LogP contribution in [0.25, 0.3) is 11.3 Å². The topological polar surface area (TPSA) is 83.7 Å². The van der Waals surface area contributed by atoms with Crippen molar-refractivity contribution >= 4 is 0 Å². The van der Waals surface area contributed by atoms with Gasteiger partial charge in [0.15, 0.2) is 0 Å². The molecule has 1 fully saturated rings. The van der Waals surface area contributed by atoms with E-state index in [1.807, 2.05) is 26.1 Å². The molecule has 0 amide bonds. The predicted octanol–water partition coefficient (Wildman–Crippen LogP) is 2.81. The third kappa shape index (κ3) is 2.71. The van der Waals surface area contributed by atoms with Gasteiger partial charge in [-0.1, -0.05) is 5.16 Å². The Morgan fingerprint density at radius 1 is 1.33 bits per heavy atom. The van der Waals surface area contributed by atoms with E-state index in [2.05, 4.69) is 25.2 Å². The summed E-state index contributed by atoms with van der Waals surface area (Å²) in [6, 6.07) is 2.29.